The van der Waals surface area contributed by atoms with Crippen molar-refractivity contribution in [1.29, 1.82) is 0 Å². The maximum atomic E-state index is 8.68. The fourth-order valence-corrected chi connectivity index (χ4v) is 1.35. The molecule has 0 aromatic carbocycles. The first-order valence-electron chi connectivity index (χ1n) is 5.23. The van der Waals surface area contributed by atoms with Gasteiger partial charge in [-0.15, -0.1) is 0 Å². The summed E-state index contributed by atoms with van der Waals surface area (Å²) in [6.07, 6.45) is 1.54. The summed E-state index contributed by atoms with van der Waals surface area (Å²) >= 11 is 0. The predicted octanol–water partition coefficient (Wildman–Crippen LogP) is 0.727. The Morgan fingerprint density at radius 1 is 1.33 bits per heavy atom. The van der Waals surface area contributed by atoms with Crippen molar-refractivity contribution in [3.63, 3.8) is 0 Å². The SMILES string of the molecule is CCN(CC)c1cc(NCCO)ncn1. The van der Waals surface area contributed by atoms with Gasteiger partial charge in [0.1, 0.15) is 18.0 Å². The highest BCUT2D eigenvalue weighted by Crippen LogP contribution is 2.12. The van der Waals surface area contributed by atoms with Gasteiger partial charge in [0.25, 0.3) is 0 Å². The zero-order valence-electron chi connectivity index (χ0n) is 9.27. The Balaban J connectivity index is 2.72. The first kappa shape index (κ1) is 11.7. The van der Waals surface area contributed by atoms with Crippen molar-refractivity contribution >= 4 is 11.6 Å². The Bertz CT molecular complexity index is 289. The number of aliphatic hydroxyl groups is 1. The van der Waals surface area contributed by atoms with Gasteiger partial charge in [-0.1, -0.05) is 0 Å². The molecule has 0 bridgehead atoms. The fourth-order valence-electron chi connectivity index (χ4n) is 1.35. The van der Waals surface area contributed by atoms with Crippen LogP contribution in [0.1, 0.15) is 13.8 Å². The second-order valence-electron chi connectivity index (χ2n) is 3.08. The number of hydrogen-bond acceptors (Lipinski definition) is 5. The van der Waals surface area contributed by atoms with Crippen LogP contribution in [-0.4, -0.2) is 41.3 Å². The summed E-state index contributed by atoms with van der Waals surface area (Å²) in [4.78, 5) is 10.4. The molecule has 0 saturated carbocycles. The molecule has 5 heteroatoms. The minimum absolute atomic E-state index is 0.102. The summed E-state index contributed by atoms with van der Waals surface area (Å²) in [5.74, 6) is 1.66. The van der Waals surface area contributed by atoms with E-state index >= 15 is 0 Å². The summed E-state index contributed by atoms with van der Waals surface area (Å²) in [5, 5.41) is 11.7. The molecule has 0 aliphatic carbocycles. The minimum Gasteiger partial charge on any atom is -0.395 e. The van der Waals surface area contributed by atoms with E-state index in [4.69, 9.17) is 5.11 Å². The van der Waals surface area contributed by atoms with Crippen molar-refractivity contribution in [2.24, 2.45) is 0 Å². The average molecular weight is 210 g/mol. The van der Waals surface area contributed by atoms with E-state index in [0.29, 0.717) is 6.54 Å². The van der Waals surface area contributed by atoms with E-state index in [9.17, 15) is 0 Å². The zero-order chi connectivity index (χ0) is 11.1. The largest absolute Gasteiger partial charge is 0.395 e. The molecule has 0 aliphatic rings. The van der Waals surface area contributed by atoms with Gasteiger partial charge in [0.15, 0.2) is 0 Å². The molecule has 1 heterocycles. The molecular weight excluding hydrogens is 192 g/mol. The Kier molecular flexibility index (Phi) is 4.83. The van der Waals surface area contributed by atoms with Gasteiger partial charge in [-0.05, 0) is 13.8 Å². The number of aromatic nitrogens is 2. The third kappa shape index (κ3) is 3.36. The maximum absolute atomic E-state index is 8.68. The second kappa shape index (κ2) is 6.19. The number of aliphatic hydroxyl groups excluding tert-OH is 1. The van der Waals surface area contributed by atoms with Gasteiger partial charge in [-0.25, -0.2) is 9.97 Å². The Hall–Kier alpha value is -1.36. The van der Waals surface area contributed by atoms with Crippen LogP contribution >= 0.6 is 0 Å². The first-order chi connectivity index (χ1) is 7.31. The number of anilines is 2. The van der Waals surface area contributed by atoms with Gasteiger partial charge in [-0.2, -0.15) is 0 Å². The molecule has 0 atom stereocenters. The molecule has 5 nitrogen and oxygen atoms in total. The van der Waals surface area contributed by atoms with Crippen molar-refractivity contribution in [2.75, 3.05) is 36.5 Å². The smallest absolute Gasteiger partial charge is 0.134 e. The van der Waals surface area contributed by atoms with E-state index in [-0.39, 0.29) is 6.61 Å². The molecule has 0 saturated heterocycles. The summed E-state index contributed by atoms with van der Waals surface area (Å²) in [5.41, 5.74) is 0. The lowest BCUT2D eigenvalue weighted by Gasteiger charge is -2.19. The molecule has 0 aliphatic heterocycles. The number of rotatable bonds is 6. The van der Waals surface area contributed by atoms with Crippen molar-refractivity contribution in [3.8, 4) is 0 Å². The van der Waals surface area contributed by atoms with E-state index in [1.54, 1.807) is 0 Å². The molecule has 1 aromatic rings. The van der Waals surface area contributed by atoms with E-state index in [0.717, 1.165) is 24.7 Å². The molecule has 0 amide bonds. The highest BCUT2D eigenvalue weighted by atomic mass is 16.3. The monoisotopic (exact) mass is 210 g/mol. The maximum Gasteiger partial charge on any atom is 0.134 e. The number of nitrogens with one attached hydrogen (secondary N) is 1. The van der Waals surface area contributed by atoms with Crippen molar-refractivity contribution in [3.05, 3.63) is 12.4 Å². The lowest BCUT2D eigenvalue weighted by atomic mass is 10.4. The van der Waals surface area contributed by atoms with E-state index < -0.39 is 0 Å². The van der Waals surface area contributed by atoms with E-state index in [2.05, 4.69) is 34.0 Å². The molecule has 0 fully saturated rings. The van der Waals surface area contributed by atoms with Crippen LogP contribution < -0.4 is 10.2 Å². The molecule has 15 heavy (non-hydrogen) atoms. The van der Waals surface area contributed by atoms with Crippen LogP contribution in [-0.2, 0) is 0 Å². The Morgan fingerprint density at radius 3 is 2.67 bits per heavy atom. The van der Waals surface area contributed by atoms with Crippen LogP contribution in [0.3, 0.4) is 0 Å². The third-order valence-electron chi connectivity index (χ3n) is 2.16. The second-order valence-corrected chi connectivity index (χ2v) is 3.08. The van der Waals surface area contributed by atoms with Crippen LogP contribution in [0.15, 0.2) is 12.4 Å². The van der Waals surface area contributed by atoms with Crippen LogP contribution in [0.2, 0.25) is 0 Å². The molecule has 0 spiro atoms. The summed E-state index contributed by atoms with van der Waals surface area (Å²) < 4.78 is 0. The molecule has 0 radical (unpaired) electrons. The van der Waals surface area contributed by atoms with Gasteiger partial charge in [0.2, 0.25) is 0 Å². The van der Waals surface area contributed by atoms with E-state index in [1.807, 2.05) is 6.07 Å². The van der Waals surface area contributed by atoms with E-state index in [1.165, 1.54) is 6.33 Å². The molecular formula is C10H18N4O. The van der Waals surface area contributed by atoms with Crippen LogP contribution in [0.5, 0.6) is 0 Å². The lowest BCUT2D eigenvalue weighted by molar-refractivity contribution is 0.311. The van der Waals surface area contributed by atoms with Gasteiger partial charge < -0.3 is 15.3 Å². The zero-order valence-corrected chi connectivity index (χ0v) is 9.27. The highest BCUT2D eigenvalue weighted by Gasteiger charge is 2.04. The van der Waals surface area contributed by atoms with Gasteiger partial charge in [-0.3, -0.25) is 0 Å². The van der Waals surface area contributed by atoms with Crippen molar-refractivity contribution < 1.29 is 5.11 Å². The van der Waals surface area contributed by atoms with Crippen LogP contribution in [0.25, 0.3) is 0 Å². The Labute approximate surface area is 90.2 Å². The summed E-state index contributed by atoms with van der Waals surface area (Å²) in [7, 11) is 0. The topological polar surface area (TPSA) is 61.3 Å². The van der Waals surface area contributed by atoms with Crippen molar-refractivity contribution in [1.82, 2.24) is 9.97 Å². The minimum atomic E-state index is 0.102. The summed E-state index contributed by atoms with van der Waals surface area (Å²) in [6, 6.07) is 1.89. The van der Waals surface area contributed by atoms with Crippen LogP contribution in [0.4, 0.5) is 11.6 Å². The lowest BCUT2D eigenvalue weighted by Crippen LogP contribution is -2.23. The average Bonchev–Trinajstić information content (AvgIpc) is 2.29. The molecule has 1 rings (SSSR count). The fraction of sp³-hybridized carbons (Fsp3) is 0.600. The Morgan fingerprint density at radius 2 is 2.07 bits per heavy atom. The highest BCUT2D eigenvalue weighted by molar-refractivity contribution is 5.48. The quantitative estimate of drug-likeness (QED) is 0.724. The molecule has 0 unspecified atom stereocenters. The third-order valence-corrected chi connectivity index (χ3v) is 2.16. The number of nitrogens with zero attached hydrogens (tertiary/aromatic N) is 3. The normalized spacial score (nSPS) is 10.1. The van der Waals surface area contributed by atoms with Gasteiger partial charge in [0.05, 0.1) is 6.61 Å². The molecule has 1 aromatic heterocycles. The standard InChI is InChI=1S/C10H18N4O/c1-3-14(4-2)10-7-9(11-5-6-15)12-8-13-10/h7-8,15H,3-6H2,1-2H3,(H,11,12,13). The molecule has 2 N–H and O–H groups in total. The molecule has 84 valence electrons. The number of hydrogen-bond donors (Lipinski definition) is 2. The summed E-state index contributed by atoms with van der Waals surface area (Å²) in [6.45, 7) is 6.64. The first-order valence-corrected chi connectivity index (χ1v) is 5.23. The van der Waals surface area contributed by atoms with Gasteiger partial charge in [0, 0.05) is 25.7 Å². The van der Waals surface area contributed by atoms with Gasteiger partial charge >= 0.3 is 0 Å². The van der Waals surface area contributed by atoms with Crippen molar-refractivity contribution in [2.45, 2.75) is 13.8 Å². The predicted molar refractivity (Wildman–Crippen MR) is 61.2 cm³/mol. The van der Waals surface area contributed by atoms with Crippen LogP contribution in [0, 0.1) is 0 Å².